The first kappa shape index (κ1) is 12.2. The van der Waals surface area contributed by atoms with E-state index >= 15 is 0 Å². The van der Waals surface area contributed by atoms with Crippen LogP contribution in [0.1, 0.15) is 6.92 Å². The van der Waals surface area contributed by atoms with Crippen molar-refractivity contribution in [1.82, 2.24) is 0 Å². The summed E-state index contributed by atoms with van der Waals surface area (Å²) >= 11 is 1.81. The highest BCUT2D eigenvalue weighted by Crippen LogP contribution is 2.06. The minimum absolute atomic E-state index is 0.274. The standard InChI is InChI=1S/C8H19NO2S/c1-8(6-10)7-12-5-4-11-3-2-9/h8,10H,2-7,9H2,1H3. The number of hydrogen-bond acceptors (Lipinski definition) is 4. The number of aliphatic hydroxyl groups excluding tert-OH is 1. The van der Waals surface area contributed by atoms with Crippen molar-refractivity contribution in [2.75, 3.05) is 37.9 Å². The van der Waals surface area contributed by atoms with Crippen LogP contribution in [0, 0.1) is 5.92 Å². The Hall–Kier alpha value is 0.230. The van der Waals surface area contributed by atoms with Crippen LogP contribution >= 0.6 is 11.8 Å². The SMILES string of the molecule is CC(CO)CSCCOCCN. The lowest BCUT2D eigenvalue weighted by Gasteiger charge is -2.06. The molecule has 0 aliphatic carbocycles. The fraction of sp³-hybridized carbons (Fsp3) is 1.00. The van der Waals surface area contributed by atoms with E-state index in [1.807, 2.05) is 18.7 Å². The van der Waals surface area contributed by atoms with E-state index in [-0.39, 0.29) is 6.61 Å². The monoisotopic (exact) mass is 193 g/mol. The van der Waals surface area contributed by atoms with Gasteiger partial charge < -0.3 is 15.6 Å². The van der Waals surface area contributed by atoms with Gasteiger partial charge in [-0.15, -0.1) is 0 Å². The molecule has 0 amide bonds. The zero-order chi connectivity index (χ0) is 9.23. The Morgan fingerprint density at radius 2 is 2.25 bits per heavy atom. The van der Waals surface area contributed by atoms with Crippen molar-refractivity contribution in [3.63, 3.8) is 0 Å². The molecule has 0 aliphatic heterocycles. The van der Waals surface area contributed by atoms with Crippen molar-refractivity contribution >= 4 is 11.8 Å². The van der Waals surface area contributed by atoms with Crippen molar-refractivity contribution < 1.29 is 9.84 Å². The lowest BCUT2D eigenvalue weighted by atomic mass is 10.2. The number of thioether (sulfide) groups is 1. The fourth-order valence-electron chi connectivity index (χ4n) is 0.640. The van der Waals surface area contributed by atoms with Crippen LogP contribution in [0.25, 0.3) is 0 Å². The first-order chi connectivity index (χ1) is 5.81. The molecule has 0 aromatic carbocycles. The largest absolute Gasteiger partial charge is 0.396 e. The molecule has 3 nitrogen and oxygen atoms in total. The Bertz CT molecular complexity index is 93.1. The molecule has 74 valence electrons. The number of rotatable bonds is 8. The van der Waals surface area contributed by atoms with Crippen molar-refractivity contribution in [2.24, 2.45) is 11.7 Å². The van der Waals surface area contributed by atoms with Gasteiger partial charge in [0, 0.05) is 18.9 Å². The molecule has 0 aromatic heterocycles. The summed E-state index contributed by atoms with van der Waals surface area (Å²) in [7, 11) is 0. The quantitative estimate of drug-likeness (QED) is 0.545. The maximum absolute atomic E-state index is 8.71. The minimum atomic E-state index is 0.274. The maximum Gasteiger partial charge on any atom is 0.0589 e. The molecule has 3 N–H and O–H groups in total. The lowest BCUT2D eigenvalue weighted by Crippen LogP contribution is -2.11. The van der Waals surface area contributed by atoms with Crippen LogP contribution in [-0.2, 0) is 4.74 Å². The predicted molar refractivity (Wildman–Crippen MR) is 53.4 cm³/mol. The number of aliphatic hydroxyl groups is 1. The van der Waals surface area contributed by atoms with E-state index in [9.17, 15) is 0 Å². The van der Waals surface area contributed by atoms with Crippen LogP contribution < -0.4 is 5.73 Å². The molecule has 0 radical (unpaired) electrons. The van der Waals surface area contributed by atoms with Crippen LogP contribution in [0.15, 0.2) is 0 Å². The second-order valence-electron chi connectivity index (χ2n) is 2.76. The molecule has 0 spiro atoms. The molecular weight excluding hydrogens is 174 g/mol. The highest BCUT2D eigenvalue weighted by atomic mass is 32.2. The molecule has 0 aliphatic rings. The first-order valence-corrected chi connectivity index (χ1v) is 5.43. The number of hydrogen-bond donors (Lipinski definition) is 2. The van der Waals surface area contributed by atoms with E-state index in [4.69, 9.17) is 15.6 Å². The summed E-state index contributed by atoms with van der Waals surface area (Å²) in [5.74, 6) is 2.39. The highest BCUT2D eigenvalue weighted by molar-refractivity contribution is 7.99. The van der Waals surface area contributed by atoms with Crippen LogP contribution in [0.4, 0.5) is 0 Å². The van der Waals surface area contributed by atoms with E-state index in [0.29, 0.717) is 19.1 Å². The Kier molecular flexibility index (Phi) is 9.50. The van der Waals surface area contributed by atoms with Crippen LogP contribution in [-0.4, -0.2) is 43.0 Å². The van der Waals surface area contributed by atoms with Gasteiger partial charge in [0.1, 0.15) is 0 Å². The molecular formula is C8H19NO2S. The number of nitrogens with two attached hydrogens (primary N) is 1. The van der Waals surface area contributed by atoms with Gasteiger partial charge in [0.15, 0.2) is 0 Å². The van der Waals surface area contributed by atoms with E-state index in [0.717, 1.165) is 18.1 Å². The normalized spacial score (nSPS) is 13.2. The van der Waals surface area contributed by atoms with E-state index < -0.39 is 0 Å². The van der Waals surface area contributed by atoms with E-state index in [2.05, 4.69) is 0 Å². The number of ether oxygens (including phenoxy) is 1. The topological polar surface area (TPSA) is 55.5 Å². The molecule has 0 saturated heterocycles. The zero-order valence-electron chi connectivity index (χ0n) is 7.66. The molecule has 0 saturated carbocycles. The summed E-state index contributed by atoms with van der Waals surface area (Å²) < 4.78 is 5.19. The molecule has 1 unspecified atom stereocenters. The predicted octanol–water partition coefficient (Wildman–Crippen LogP) is 0.323. The maximum atomic E-state index is 8.71. The molecule has 0 heterocycles. The Morgan fingerprint density at radius 1 is 1.50 bits per heavy atom. The third-order valence-corrected chi connectivity index (χ3v) is 2.61. The van der Waals surface area contributed by atoms with Crippen molar-refractivity contribution in [2.45, 2.75) is 6.92 Å². The summed E-state index contributed by atoms with van der Waals surface area (Å²) in [4.78, 5) is 0. The lowest BCUT2D eigenvalue weighted by molar-refractivity contribution is 0.158. The van der Waals surface area contributed by atoms with Gasteiger partial charge in [-0.3, -0.25) is 0 Å². The van der Waals surface area contributed by atoms with E-state index in [1.54, 1.807) is 0 Å². The highest BCUT2D eigenvalue weighted by Gasteiger charge is 1.98. The Morgan fingerprint density at radius 3 is 2.83 bits per heavy atom. The second kappa shape index (κ2) is 9.32. The minimum Gasteiger partial charge on any atom is -0.396 e. The van der Waals surface area contributed by atoms with Gasteiger partial charge in [-0.1, -0.05) is 6.92 Å². The smallest absolute Gasteiger partial charge is 0.0589 e. The summed E-state index contributed by atoms with van der Waals surface area (Å²) in [6.45, 7) is 4.32. The zero-order valence-corrected chi connectivity index (χ0v) is 8.48. The molecule has 1 atom stereocenters. The van der Waals surface area contributed by atoms with Crippen LogP contribution in [0.2, 0.25) is 0 Å². The molecule has 0 rings (SSSR count). The molecule has 0 fully saturated rings. The second-order valence-corrected chi connectivity index (χ2v) is 3.91. The first-order valence-electron chi connectivity index (χ1n) is 4.27. The van der Waals surface area contributed by atoms with E-state index in [1.165, 1.54) is 0 Å². The molecule has 0 bridgehead atoms. The van der Waals surface area contributed by atoms with Gasteiger partial charge >= 0.3 is 0 Å². The van der Waals surface area contributed by atoms with Gasteiger partial charge in [-0.05, 0) is 11.7 Å². The van der Waals surface area contributed by atoms with Crippen molar-refractivity contribution in [3.8, 4) is 0 Å². The Labute approximate surface area is 78.7 Å². The third kappa shape index (κ3) is 8.33. The summed E-state index contributed by atoms with van der Waals surface area (Å²) in [5, 5.41) is 8.71. The molecule has 12 heavy (non-hydrogen) atoms. The van der Waals surface area contributed by atoms with Gasteiger partial charge in [0.2, 0.25) is 0 Å². The van der Waals surface area contributed by atoms with Gasteiger partial charge in [0.05, 0.1) is 13.2 Å². The molecule has 0 aromatic rings. The summed E-state index contributed by atoms with van der Waals surface area (Å²) in [6.07, 6.45) is 0. The molecule has 4 heteroatoms. The average molecular weight is 193 g/mol. The fourth-order valence-corrected chi connectivity index (χ4v) is 1.55. The average Bonchev–Trinajstić information content (AvgIpc) is 2.10. The van der Waals surface area contributed by atoms with Crippen molar-refractivity contribution in [1.29, 1.82) is 0 Å². The Balaban J connectivity index is 2.90. The summed E-state index contributed by atoms with van der Waals surface area (Å²) in [6, 6.07) is 0. The van der Waals surface area contributed by atoms with Crippen molar-refractivity contribution in [3.05, 3.63) is 0 Å². The van der Waals surface area contributed by atoms with Crippen LogP contribution in [0.3, 0.4) is 0 Å². The van der Waals surface area contributed by atoms with Gasteiger partial charge in [-0.25, -0.2) is 0 Å². The third-order valence-electron chi connectivity index (χ3n) is 1.35. The summed E-state index contributed by atoms with van der Waals surface area (Å²) in [5.41, 5.74) is 5.25. The van der Waals surface area contributed by atoms with Crippen LogP contribution in [0.5, 0.6) is 0 Å². The van der Waals surface area contributed by atoms with Gasteiger partial charge in [0.25, 0.3) is 0 Å². The van der Waals surface area contributed by atoms with Gasteiger partial charge in [-0.2, -0.15) is 11.8 Å².